The van der Waals surface area contributed by atoms with Gasteiger partial charge in [0.1, 0.15) is 5.82 Å². The van der Waals surface area contributed by atoms with Gasteiger partial charge in [0.25, 0.3) is 0 Å². The van der Waals surface area contributed by atoms with Crippen molar-refractivity contribution >= 4 is 5.82 Å². The fourth-order valence-electron chi connectivity index (χ4n) is 3.32. The van der Waals surface area contributed by atoms with E-state index >= 15 is 0 Å². The minimum atomic E-state index is 0.485. The van der Waals surface area contributed by atoms with E-state index in [1.165, 1.54) is 31.7 Å². The van der Waals surface area contributed by atoms with E-state index in [9.17, 15) is 0 Å². The smallest absolute Gasteiger partial charge is 0.128 e. The molecule has 0 amide bonds. The highest BCUT2D eigenvalue weighted by molar-refractivity contribution is 5.39. The van der Waals surface area contributed by atoms with Crippen LogP contribution >= 0.6 is 0 Å². The van der Waals surface area contributed by atoms with Crippen LogP contribution in [0.3, 0.4) is 0 Å². The summed E-state index contributed by atoms with van der Waals surface area (Å²) < 4.78 is 0. The molecule has 4 nitrogen and oxygen atoms in total. The molecule has 1 N–H and O–H groups in total. The van der Waals surface area contributed by atoms with Crippen LogP contribution in [0.25, 0.3) is 0 Å². The average molecular weight is 274 g/mol. The summed E-state index contributed by atoms with van der Waals surface area (Å²) in [6.07, 6.45) is 2.04. The largest absolute Gasteiger partial charge is 0.357 e. The van der Waals surface area contributed by atoms with Gasteiger partial charge in [-0.15, -0.1) is 0 Å². The maximum Gasteiger partial charge on any atom is 0.128 e. The maximum absolute atomic E-state index is 4.60. The van der Waals surface area contributed by atoms with Crippen LogP contribution in [0.1, 0.15) is 19.4 Å². The van der Waals surface area contributed by atoms with Crippen LogP contribution in [0.5, 0.6) is 0 Å². The van der Waals surface area contributed by atoms with Crippen molar-refractivity contribution in [2.45, 2.75) is 26.4 Å². The zero-order chi connectivity index (χ0) is 14.1. The molecule has 2 aliphatic heterocycles. The molecule has 0 bridgehead atoms. The molecule has 2 saturated heterocycles. The van der Waals surface area contributed by atoms with E-state index in [0.29, 0.717) is 6.04 Å². The van der Waals surface area contributed by atoms with E-state index < -0.39 is 0 Å². The first kappa shape index (κ1) is 13.8. The van der Waals surface area contributed by atoms with Crippen molar-refractivity contribution < 1.29 is 0 Å². The van der Waals surface area contributed by atoms with Crippen molar-refractivity contribution in [3.63, 3.8) is 0 Å². The van der Waals surface area contributed by atoms with Crippen LogP contribution in [0.4, 0.5) is 5.82 Å². The number of anilines is 1. The van der Waals surface area contributed by atoms with Gasteiger partial charge in [0.2, 0.25) is 0 Å². The quantitative estimate of drug-likeness (QED) is 0.903. The molecule has 2 fully saturated rings. The van der Waals surface area contributed by atoms with E-state index in [0.717, 1.165) is 24.2 Å². The molecule has 3 rings (SSSR count). The summed E-state index contributed by atoms with van der Waals surface area (Å²) in [7, 11) is 2.10. The maximum atomic E-state index is 4.60. The lowest BCUT2D eigenvalue weighted by atomic mass is 10.0. The van der Waals surface area contributed by atoms with E-state index in [-0.39, 0.29) is 0 Å². The molecule has 1 aromatic rings. The topological polar surface area (TPSA) is 31.4 Å². The van der Waals surface area contributed by atoms with Gasteiger partial charge in [0.05, 0.1) is 0 Å². The first-order chi connectivity index (χ1) is 9.63. The lowest BCUT2D eigenvalue weighted by Crippen LogP contribution is -2.27. The minimum absolute atomic E-state index is 0.485. The van der Waals surface area contributed by atoms with Crippen molar-refractivity contribution in [2.24, 2.45) is 11.8 Å². The molecule has 0 spiro atoms. The summed E-state index contributed by atoms with van der Waals surface area (Å²) >= 11 is 0. The van der Waals surface area contributed by atoms with Gasteiger partial charge in [-0.1, -0.05) is 6.07 Å². The molecule has 20 heavy (non-hydrogen) atoms. The molecular formula is C16H26N4. The Morgan fingerprint density at radius 3 is 2.55 bits per heavy atom. The van der Waals surface area contributed by atoms with Crippen molar-refractivity contribution in [1.82, 2.24) is 15.2 Å². The van der Waals surface area contributed by atoms with Crippen molar-refractivity contribution in [3.05, 3.63) is 23.9 Å². The van der Waals surface area contributed by atoms with Crippen LogP contribution < -0.4 is 10.2 Å². The van der Waals surface area contributed by atoms with Gasteiger partial charge in [0.15, 0.2) is 0 Å². The van der Waals surface area contributed by atoms with Gasteiger partial charge in [-0.2, -0.15) is 0 Å². The fraction of sp³-hybridized carbons (Fsp3) is 0.688. The SMILES string of the molecule is CC(C)N(C)c1ccc(CN2C[C@H]3CNC[C@H]3C2)cn1. The fourth-order valence-corrected chi connectivity index (χ4v) is 3.32. The van der Waals surface area contributed by atoms with Crippen molar-refractivity contribution in [3.8, 4) is 0 Å². The van der Waals surface area contributed by atoms with Gasteiger partial charge >= 0.3 is 0 Å². The number of fused-ring (bicyclic) bond motifs is 1. The first-order valence-electron chi connectivity index (χ1n) is 7.74. The highest BCUT2D eigenvalue weighted by atomic mass is 15.2. The molecule has 0 unspecified atom stereocenters. The molecule has 3 heterocycles. The third kappa shape index (κ3) is 2.81. The number of hydrogen-bond acceptors (Lipinski definition) is 4. The Kier molecular flexibility index (Phi) is 3.94. The predicted octanol–water partition coefficient (Wildman–Crippen LogP) is 1.58. The van der Waals surface area contributed by atoms with Gasteiger partial charge in [-0.05, 0) is 50.4 Å². The second-order valence-electron chi connectivity index (χ2n) is 6.60. The lowest BCUT2D eigenvalue weighted by molar-refractivity contribution is 0.305. The third-order valence-corrected chi connectivity index (χ3v) is 4.82. The number of pyridine rings is 1. The number of hydrogen-bond donors (Lipinski definition) is 1. The Labute approximate surface area is 122 Å². The summed E-state index contributed by atoms with van der Waals surface area (Å²) in [5.41, 5.74) is 1.33. The Bertz CT molecular complexity index is 430. The number of rotatable bonds is 4. The number of aromatic nitrogens is 1. The molecule has 0 radical (unpaired) electrons. The number of likely N-dealkylation sites (tertiary alicyclic amines) is 1. The molecule has 1 aromatic heterocycles. The number of nitrogens with one attached hydrogen (secondary N) is 1. The van der Waals surface area contributed by atoms with E-state index in [1.807, 2.05) is 6.20 Å². The summed E-state index contributed by atoms with van der Waals surface area (Å²) in [6, 6.07) is 4.86. The van der Waals surface area contributed by atoms with Crippen LogP contribution in [0, 0.1) is 11.8 Å². The normalized spacial score (nSPS) is 26.2. The van der Waals surface area contributed by atoms with Crippen molar-refractivity contribution in [2.75, 3.05) is 38.1 Å². The standard InChI is InChI=1S/C16H26N4/c1-12(2)19(3)16-5-4-13(6-18-16)9-20-10-14-7-17-8-15(14)11-20/h4-6,12,14-15,17H,7-11H2,1-3H3/t14-,15+. The van der Waals surface area contributed by atoms with Crippen LogP contribution in [-0.2, 0) is 6.54 Å². The third-order valence-electron chi connectivity index (χ3n) is 4.82. The monoisotopic (exact) mass is 274 g/mol. The Balaban J connectivity index is 1.59. The minimum Gasteiger partial charge on any atom is -0.357 e. The van der Waals surface area contributed by atoms with E-state index in [4.69, 9.17) is 0 Å². The molecule has 110 valence electrons. The molecule has 0 aromatic carbocycles. The molecular weight excluding hydrogens is 248 g/mol. The predicted molar refractivity (Wildman–Crippen MR) is 82.9 cm³/mol. The zero-order valence-corrected chi connectivity index (χ0v) is 12.8. The Morgan fingerprint density at radius 2 is 2.00 bits per heavy atom. The van der Waals surface area contributed by atoms with Crippen LogP contribution in [0.2, 0.25) is 0 Å². The molecule has 2 aliphatic rings. The molecule has 0 aliphatic carbocycles. The molecule has 0 saturated carbocycles. The average Bonchev–Trinajstić information content (AvgIpc) is 2.99. The highest BCUT2D eigenvalue weighted by Crippen LogP contribution is 2.27. The highest BCUT2D eigenvalue weighted by Gasteiger charge is 2.35. The van der Waals surface area contributed by atoms with E-state index in [1.54, 1.807) is 0 Å². The second-order valence-corrected chi connectivity index (χ2v) is 6.60. The Morgan fingerprint density at radius 1 is 1.30 bits per heavy atom. The van der Waals surface area contributed by atoms with Gasteiger partial charge in [0, 0.05) is 38.9 Å². The van der Waals surface area contributed by atoms with Crippen LogP contribution in [0.15, 0.2) is 18.3 Å². The van der Waals surface area contributed by atoms with Gasteiger partial charge < -0.3 is 10.2 Å². The molecule has 2 atom stereocenters. The van der Waals surface area contributed by atoms with Gasteiger partial charge in [-0.3, -0.25) is 4.90 Å². The van der Waals surface area contributed by atoms with Crippen LogP contribution in [-0.4, -0.2) is 49.2 Å². The first-order valence-corrected chi connectivity index (χ1v) is 7.74. The van der Waals surface area contributed by atoms with E-state index in [2.05, 4.69) is 53.1 Å². The lowest BCUT2D eigenvalue weighted by Gasteiger charge is -2.23. The van der Waals surface area contributed by atoms with Gasteiger partial charge in [-0.25, -0.2) is 4.98 Å². The second kappa shape index (κ2) is 5.70. The van der Waals surface area contributed by atoms with Crippen molar-refractivity contribution in [1.29, 1.82) is 0 Å². The summed E-state index contributed by atoms with van der Waals surface area (Å²) in [5, 5.41) is 3.49. The summed E-state index contributed by atoms with van der Waals surface area (Å²) in [4.78, 5) is 9.39. The number of nitrogens with zero attached hydrogens (tertiary/aromatic N) is 3. The Hall–Kier alpha value is -1.13. The summed E-state index contributed by atoms with van der Waals surface area (Å²) in [5.74, 6) is 2.80. The molecule has 4 heteroatoms. The zero-order valence-electron chi connectivity index (χ0n) is 12.8. The summed E-state index contributed by atoms with van der Waals surface area (Å²) in [6.45, 7) is 10.3.